The molecule has 2 N–H and O–H groups in total. The highest BCUT2D eigenvalue weighted by Crippen LogP contribution is 2.28. The summed E-state index contributed by atoms with van der Waals surface area (Å²) in [6.45, 7) is 4.80. The normalized spacial score (nSPS) is 10.6. The van der Waals surface area contributed by atoms with E-state index in [4.69, 9.17) is 15.2 Å². The number of rotatable bonds is 5. The van der Waals surface area contributed by atoms with E-state index < -0.39 is 0 Å². The van der Waals surface area contributed by atoms with Crippen LogP contribution in [0.5, 0.6) is 11.5 Å². The zero-order valence-electron chi connectivity index (χ0n) is 12.2. The third-order valence-corrected chi connectivity index (χ3v) is 3.23. The molecule has 106 valence electrons. The minimum Gasteiger partial charge on any atom is -0.496 e. The second kappa shape index (κ2) is 6.33. The second-order valence-electron chi connectivity index (χ2n) is 5.06. The third kappa shape index (κ3) is 3.23. The molecule has 0 bridgehead atoms. The summed E-state index contributed by atoms with van der Waals surface area (Å²) >= 11 is 0. The van der Waals surface area contributed by atoms with Crippen LogP contribution >= 0.6 is 0 Å². The minimum atomic E-state index is 0.409. The van der Waals surface area contributed by atoms with Crippen LogP contribution in [0, 0.1) is 0 Å². The van der Waals surface area contributed by atoms with Gasteiger partial charge in [-0.1, -0.05) is 32.0 Å². The number of anilines is 1. The van der Waals surface area contributed by atoms with E-state index in [1.807, 2.05) is 36.4 Å². The van der Waals surface area contributed by atoms with Crippen LogP contribution in [0.1, 0.15) is 30.9 Å². The van der Waals surface area contributed by atoms with Crippen molar-refractivity contribution in [3.05, 3.63) is 53.6 Å². The number of nitrogens with two attached hydrogens (primary N) is 1. The van der Waals surface area contributed by atoms with Gasteiger partial charge in [-0.05, 0) is 41.3 Å². The molecule has 0 atom stereocenters. The average molecular weight is 271 g/mol. The Balaban J connectivity index is 2.14. The van der Waals surface area contributed by atoms with Crippen molar-refractivity contribution in [1.29, 1.82) is 0 Å². The monoisotopic (exact) mass is 271 g/mol. The highest BCUT2D eigenvalue weighted by molar-refractivity contribution is 5.51. The van der Waals surface area contributed by atoms with Gasteiger partial charge in [-0.2, -0.15) is 0 Å². The van der Waals surface area contributed by atoms with Gasteiger partial charge in [0, 0.05) is 0 Å². The first kappa shape index (κ1) is 14.3. The SMILES string of the molecule is COc1ccc(COc2ccccc2N)cc1C(C)C. The molecule has 2 aromatic rings. The number of hydrogen-bond acceptors (Lipinski definition) is 3. The van der Waals surface area contributed by atoms with Crippen molar-refractivity contribution in [3.63, 3.8) is 0 Å². The van der Waals surface area contributed by atoms with Crippen LogP contribution in [-0.4, -0.2) is 7.11 Å². The first-order valence-corrected chi connectivity index (χ1v) is 6.76. The van der Waals surface area contributed by atoms with Gasteiger partial charge in [0.05, 0.1) is 12.8 Å². The molecule has 0 amide bonds. The smallest absolute Gasteiger partial charge is 0.142 e. The Kier molecular flexibility index (Phi) is 4.51. The van der Waals surface area contributed by atoms with Gasteiger partial charge < -0.3 is 15.2 Å². The van der Waals surface area contributed by atoms with Gasteiger partial charge in [-0.3, -0.25) is 0 Å². The Morgan fingerprint density at radius 2 is 1.80 bits per heavy atom. The largest absolute Gasteiger partial charge is 0.496 e. The number of methoxy groups -OCH3 is 1. The van der Waals surface area contributed by atoms with E-state index in [0.717, 1.165) is 17.1 Å². The number of nitrogen functional groups attached to an aromatic ring is 1. The average Bonchev–Trinajstić information content (AvgIpc) is 2.46. The Morgan fingerprint density at radius 3 is 2.45 bits per heavy atom. The Bertz CT molecular complexity index is 579. The quantitative estimate of drug-likeness (QED) is 0.836. The molecule has 0 aromatic heterocycles. The molecule has 0 aliphatic rings. The molecular formula is C17H21NO2. The fraction of sp³-hybridized carbons (Fsp3) is 0.294. The van der Waals surface area contributed by atoms with E-state index >= 15 is 0 Å². The van der Waals surface area contributed by atoms with E-state index in [-0.39, 0.29) is 0 Å². The fourth-order valence-corrected chi connectivity index (χ4v) is 2.10. The minimum absolute atomic E-state index is 0.409. The first-order chi connectivity index (χ1) is 9.61. The summed E-state index contributed by atoms with van der Waals surface area (Å²) in [6.07, 6.45) is 0. The van der Waals surface area contributed by atoms with Crippen LogP contribution in [0.2, 0.25) is 0 Å². The number of hydrogen-bond donors (Lipinski definition) is 1. The number of benzene rings is 2. The summed E-state index contributed by atoms with van der Waals surface area (Å²) in [5.74, 6) is 2.05. The van der Waals surface area contributed by atoms with E-state index in [2.05, 4.69) is 19.9 Å². The predicted molar refractivity (Wildman–Crippen MR) is 82.3 cm³/mol. The summed E-state index contributed by atoms with van der Waals surface area (Å²) < 4.78 is 11.1. The van der Waals surface area contributed by atoms with Crippen LogP contribution < -0.4 is 15.2 Å². The van der Waals surface area contributed by atoms with Crippen LogP contribution in [0.4, 0.5) is 5.69 Å². The Labute approximate surface area is 120 Å². The molecule has 0 saturated carbocycles. The molecule has 2 rings (SSSR count). The van der Waals surface area contributed by atoms with Gasteiger partial charge in [0.15, 0.2) is 0 Å². The summed E-state index contributed by atoms with van der Waals surface area (Å²) in [6, 6.07) is 13.7. The highest BCUT2D eigenvalue weighted by atomic mass is 16.5. The van der Waals surface area contributed by atoms with Crippen molar-refractivity contribution in [2.75, 3.05) is 12.8 Å². The van der Waals surface area contributed by atoms with E-state index in [1.54, 1.807) is 7.11 Å². The van der Waals surface area contributed by atoms with Gasteiger partial charge in [-0.15, -0.1) is 0 Å². The molecule has 0 aliphatic carbocycles. The molecule has 0 heterocycles. The fourth-order valence-electron chi connectivity index (χ4n) is 2.10. The molecule has 0 radical (unpaired) electrons. The molecule has 0 unspecified atom stereocenters. The number of para-hydroxylation sites is 2. The summed E-state index contributed by atoms with van der Waals surface area (Å²) in [5, 5.41) is 0. The van der Waals surface area contributed by atoms with Crippen molar-refractivity contribution in [1.82, 2.24) is 0 Å². The standard InChI is InChI=1S/C17H21NO2/c1-12(2)14-10-13(8-9-16(14)19-3)11-20-17-7-5-4-6-15(17)18/h4-10,12H,11,18H2,1-3H3. The van der Waals surface area contributed by atoms with Gasteiger partial charge in [0.1, 0.15) is 18.1 Å². The van der Waals surface area contributed by atoms with Gasteiger partial charge in [0.25, 0.3) is 0 Å². The molecule has 2 aromatic carbocycles. The first-order valence-electron chi connectivity index (χ1n) is 6.76. The lowest BCUT2D eigenvalue weighted by atomic mass is 10.00. The predicted octanol–water partition coefficient (Wildman–Crippen LogP) is 3.98. The summed E-state index contributed by atoms with van der Waals surface area (Å²) in [4.78, 5) is 0. The maximum absolute atomic E-state index is 5.86. The van der Waals surface area contributed by atoms with Gasteiger partial charge in [0.2, 0.25) is 0 Å². The van der Waals surface area contributed by atoms with Crippen LogP contribution in [0.15, 0.2) is 42.5 Å². The molecular weight excluding hydrogens is 250 g/mol. The lowest BCUT2D eigenvalue weighted by molar-refractivity contribution is 0.307. The van der Waals surface area contributed by atoms with Crippen LogP contribution in [0.3, 0.4) is 0 Å². The van der Waals surface area contributed by atoms with E-state index in [0.29, 0.717) is 18.2 Å². The van der Waals surface area contributed by atoms with Crippen molar-refractivity contribution >= 4 is 5.69 Å². The topological polar surface area (TPSA) is 44.5 Å². The summed E-state index contributed by atoms with van der Waals surface area (Å²) in [7, 11) is 1.70. The molecule has 0 aliphatic heterocycles. The van der Waals surface area contributed by atoms with Crippen LogP contribution in [0.25, 0.3) is 0 Å². The molecule has 0 fully saturated rings. The molecule has 3 nitrogen and oxygen atoms in total. The zero-order chi connectivity index (χ0) is 14.5. The van der Waals surface area contributed by atoms with Crippen molar-refractivity contribution in [2.24, 2.45) is 0 Å². The lowest BCUT2D eigenvalue weighted by Gasteiger charge is -2.14. The second-order valence-corrected chi connectivity index (χ2v) is 5.06. The third-order valence-electron chi connectivity index (χ3n) is 3.23. The molecule has 20 heavy (non-hydrogen) atoms. The molecule has 0 saturated heterocycles. The number of ether oxygens (including phenoxy) is 2. The Hall–Kier alpha value is -2.16. The Morgan fingerprint density at radius 1 is 1.05 bits per heavy atom. The van der Waals surface area contributed by atoms with Crippen molar-refractivity contribution < 1.29 is 9.47 Å². The van der Waals surface area contributed by atoms with Crippen LogP contribution in [-0.2, 0) is 6.61 Å². The van der Waals surface area contributed by atoms with Gasteiger partial charge in [-0.25, -0.2) is 0 Å². The summed E-state index contributed by atoms with van der Waals surface area (Å²) in [5.41, 5.74) is 8.82. The lowest BCUT2D eigenvalue weighted by Crippen LogP contribution is -2.01. The van der Waals surface area contributed by atoms with E-state index in [9.17, 15) is 0 Å². The molecule has 3 heteroatoms. The van der Waals surface area contributed by atoms with Gasteiger partial charge >= 0.3 is 0 Å². The highest BCUT2D eigenvalue weighted by Gasteiger charge is 2.09. The maximum Gasteiger partial charge on any atom is 0.142 e. The zero-order valence-corrected chi connectivity index (χ0v) is 12.2. The van der Waals surface area contributed by atoms with Crippen molar-refractivity contribution in [2.45, 2.75) is 26.4 Å². The van der Waals surface area contributed by atoms with Crippen molar-refractivity contribution in [3.8, 4) is 11.5 Å². The molecule has 0 spiro atoms. The van der Waals surface area contributed by atoms with E-state index in [1.165, 1.54) is 5.56 Å². The maximum atomic E-state index is 5.86.